The van der Waals surface area contributed by atoms with Gasteiger partial charge in [0.25, 0.3) is 0 Å². The fourth-order valence-corrected chi connectivity index (χ4v) is 3.22. The SMILES string of the molecule is Cc1ccc(NC(=O)CSc2nnc(-c3ccncc3)n2C)c(Cl)c1. The molecule has 0 saturated heterocycles. The number of rotatable bonds is 5. The van der Waals surface area contributed by atoms with E-state index in [1.54, 1.807) is 18.5 Å². The average molecular weight is 374 g/mol. The summed E-state index contributed by atoms with van der Waals surface area (Å²) in [5.41, 5.74) is 2.57. The Morgan fingerprint density at radius 2 is 2.00 bits per heavy atom. The number of halogens is 1. The molecule has 3 aromatic rings. The molecule has 0 aliphatic carbocycles. The lowest BCUT2D eigenvalue weighted by Gasteiger charge is -2.08. The first-order valence-electron chi connectivity index (χ1n) is 7.53. The van der Waals surface area contributed by atoms with Gasteiger partial charge in [-0.05, 0) is 36.8 Å². The van der Waals surface area contributed by atoms with Crippen molar-refractivity contribution in [1.29, 1.82) is 0 Å². The summed E-state index contributed by atoms with van der Waals surface area (Å²) in [5, 5.41) is 12.3. The van der Waals surface area contributed by atoms with Gasteiger partial charge < -0.3 is 9.88 Å². The van der Waals surface area contributed by atoms with E-state index >= 15 is 0 Å². The van der Waals surface area contributed by atoms with E-state index in [4.69, 9.17) is 11.6 Å². The standard InChI is InChI=1S/C17H16ClN5OS/c1-11-3-4-14(13(18)9-11)20-15(24)10-25-17-22-21-16(23(17)2)12-5-7-19-8-6-12/h3-9H,10H2,1-2H3,(H,20,24). The minimum atomic E-state index is -0.149. The van der Waals surface area contributed by atoms with Crippen LogP contribution in [0.25, 0.3) is 11.4 Å². The number of nitrogens with one attached hydrogen (secondary N) is 1. The summed E-state index contributed by atoms with van der Waals surface area (Å²) in [5.74, 6) is 0.795. The molecular weight excluding hydrogens is 358 g/mol. The van der Waals surface area contributed by atoms with Crippen molar-refractivity contribution < 1.29 is 4.79 Å². The van der Waals surface area contributed by atoms with Gasteiger partial charge in [0, 0.05) is 25.0 Å². The number of pyridine rings is 1. The number of hydrogen-bond acceptors (Lipinski definition) is 5. The molecule has 0 spiro atoms. The zero-order chi connectivity index (χ0) is 17.8. The first kappa shape index (κ1) is 17.4. The highest BCUT2D eigenvalue weighted by Gasteiger charge is 2.13. The van der Waals surface area contributed by atoms with Crippen LogP contribution in [-0.2, 0) is 11.8 Å². The Labute approximate surface area is 154 Å². The van der Waals surface area contributed by atoms with Crippen molar-refractivity contribution >= 4 is 35.0 Å². The third-order valence-electron chi connectivity index (χ3n) is 3.50. The monoisotopic (exact) mass is 373 g/mol. The van der Waals surface area contributed by atoms with Gasteiger partial charge in [-0.3, -0.25) is 9.78 Å². The van der Waals surface area contributed by atoms with Gasteiger partial charge in [-0.1, -0.05) is 29.4 Å². The smallest absolute Gasteiger partial charge is 0.234 e. The highest BCUT2D eigenvalue weighted by Crippen LogP contribution is 2.24. The maximum absolute atomic E-state index is 12.2. The van der Waals surface area contributed by atoms with E-state index < -0.39 is 0 Å². The number of aryl methyl sites for hydroxylation is 1. The van der Waals surface area contributed by atoms with E-state index in [-0.39, 0.29) is 11.7 Å². The molecule has 0 fully saturated rings. The van der Waals surface area contributed by atoms with Gasteiger partial charge in [0.2, 0.25) is 5.91 Å². The van der Waals surface area contributed by atoms with Gasteiger partial charge in [-0.2, -0.15) is 0 Å². The molecule has 0 radical (unpaired) electrons. The van der Waals surface area contributed by atoms with E-state index in [1.807, 2.05) is 42.8 Å². The predicted molar refractivity (Wildman–Crippen MR) is 99.8 cm³/mol. The average Bonchev–Trinajstić information content (AvgIpc) is 2.97. The Bertz CT molecular complexity index is 897. The molecule has 0 aliphatic rings. The Balaban J connectivity index is 1.64. The Morgan fingerprint density at radius 1 is 1.24 bits per heavy atom. The Morgan fingerprint density at radius 3 is 2.72 bits per heavy atom. The van der Waals surface area contributed by atoms with Crippen LogP contribution >= 0.6 is 23.4 Å². The van der Waals surface area contributed by atoms with E-state index in [1.165, 1.54) is 11.8 Å². The van der Waals surface area contributed by atoms with Crippen LogP contribution in [0, 0.1) is 6.92 Å². The molecule has 1 aromatic carbocycles. The molecule has 1 amide bonds. The summed E-state index contributed by atoms with van der Waals surface area (Å²) < 4.78 is 1.85. The third kappa shape index (κ3) is 4.18. The first-order chi connectivity index (χ1) is 12.0. The number of hydrogen-bond donors (Lipinski definition) is 1. The number of anilines is 1. The van der Waals surface area contributed by atoms with Crippen molar-refractivity contribution in [2.45, 2.75) is 12.1 Å². The molecule has 2 heterocycles. The maximum Gasteiger partial charge on any atom is 0.234 e. The van der Waals surface area contributed by atoms with Crippen LogP contribution in [0.4, 0.5) is 5.69 Å². The maximum atomic E-state index is 12.2. The van der Waals surface area contributed by atoms with Crippen molar-refractivity contribution in [3.05, 3.63) is 53.3 Å². The van der Waals surface area contributed by atoms with Crippen LogP contribution in [0.3, 0.4) is 0 Å². The molecule has 0 atom stereocenters. The topological polar surface area (TPSA) is 72.7 Å². The third-order valence-corrected chi connectivity index (χ3v) is 4.84. The molecule has 6 nitrogen and oxygen atoms in total. The zero-order valence-corrected chi connectivity index (χ0v) is 15.3. The molecule has 25 heavy (non-hydrogen) atoms. The van der Waals surface area contributed by atoms with Crippen molar-refractivity contribution in [2.75, 3.05) is 11.1 Å². The molecule has 0 saturated carbocycles. The highest BCUT2D eigenvalue weighted by molar-refractivity contribution is 7.99. The normalized spacial score (nSPS) is 10.7. The molecule has 1 N–H and O–H groups in total. The van der Waals surface area contributed by atoms with Crippen LogP contribution in [0.1, 0.15) is 5.56 Å². The van der Waals surface area contributed by atoms with Gasteiger partial charge in [-0.25, -0.2) is 0 Å². The first-order valence-corrected chi connectivity index (χ1v) is 8.89. The molecule has 0 aliphatic heterocycles. The minimum absolute atomic E-state index is 0.149. The van der Waals surface area contributed by atoms with Gasteiger partial charge in [-0.15, -0.1) is 10.2 Å². The van der Waals surface area contributed by atoms with Crippen LogP contribution in [0.15, 0.2) is 47.9 Å². The molecule has 128 valence electrons. The predicted octanol–water partition coefficient (Wildman–Crippen LogP) is 3.57. The summed E-state index contributed by atoms with van der Waals surface area (Å²) in [6.07, 6.45) is 3.41. The number of nitrogens with zero attached hydrogens (tertiary/aromatic N) is 4. The van der Waals surface area contributed by atoms with E-state index in [9.17, 15) is 4.79 Å². The van der Waals surface area contributed by atoms with Crippen LogP contribution in [0.5, 0.6) is 0 Å². The summed E-state index contributed by atoms with van der Waals surface area (Å²) in [6, 6.07) is 9.24. The minimum Gasteiger partial charge on any atom is -0.324 e. The number of carbonyl (C=O) groups excluding carboxylic acids is 1. The fraction of sp³-hybridized carbons (Fsp3) is 0.176. The fourth-order valence-electron chi connectivity index (χ4n) is 2.23. The van der Waals surface area contributed by atoms with Crippen molar-refractivity contribution in [1.82, 2.24) is 19.7 Å². The second-order valence-corrected chi connectivity index (χ2v) is 6.77. The molecule has 3 rings (SSSR count). The lowest BCUT2D eigenvalue weighted by molar-refractivity contribution is -0.113. The van der Waals surface area contributed by atoms with Crippen molar-refractivity contribution in [2.24, 2.45) is 7.05 Å². The Kier molecular flexibility index (Phi) is 5.35. The second kappa shape index (κ2) is 7.67. The number of thioether (sulfide) groups is 1. The van der Waals surface area contributed by atoms with Gasteiger partial charge in [0.1, 0.15) is 0 Å². The lowest BCUT2D eigenvalue weighted by Crippen LogP contribution is -2.14. The van der Waals surface area contributed by atoms with Crippen LogP contribution < -0.4 is 5.32 Å². The largest absolute Gasteiger partial charge is 0.324 e. The quantitative estimate of drug-likeness (QED) is 0.692. The van der Waals surface area contributed by atoms with Crippen molar-refractivity contribution in [3.8, 4) is 11.4 Å². The van der Waals surface area contributed by atoms with E-state index in [0.717, 1.165) is 17.0 Å². The van der Waals surface area contributed by atoms with Gasteiger partial charge in [0.15, 0.2) is 11.0 Å². The van der Waals surface area contributed by atoms with Gasteiger partial charge >= 0.3 is 0 Å². The van der Waals surface area contributed by atoms with E-state index in [0.29, 0.717) is 15.9 Å². The molecule has 0 unspecified atom stereocenters. The zero-order valence-electron chi connectivity index (χ0n) is 13.7. The van der Waals surface area contributed by atoms with Gasteiger partial charge in [0.05, 0.1) is 16.5 Å². The van der Waals surface area contributed by atoms with Crippen LogP contribution in [-0.4, -0.2) is 31.4 Å². The summed E-state index contributed by atoms with van der Waals surface area (Å²) >= 11 is 7.45. The molecule has 8 heteroatoms. The molecule has 0 bridgehead atoms. The summed E-state index contributed by atoms with van der Waals surface area (Å²) in [4.78, 5) is 16.1. The Hall–Kier alpha value is -2.38. The highest BCUT2D eigenvalue weighted by atomic mass is 35.5. The number of benzene rings is 1. The van der Waals surface area contributed by atoms with Crippen LogP contribution in [0.2, 0.25) is 5.02 Å². The second-order valence-electron chi connectivity index (χ2n) is 5.42. The molecular formula is C17H16ClN5OS. The van der Waals surface area contributed by atoms with E-state index in [2.05, 4.69) is 20.5 Å². The summed E-state index contributed by atoms with van der Waals surface area (Å²) in [6.45, 7) is 1.95. The number of amides is 1. The van der Waals surface area contributed by atoms with Crippen molar-refractivity contribution in [3.63, 3.8) is 0 Å². The lowest BCUT2D eigenvalue weighted by atomic mass is 10.2. The number of carbonyl (C=O) groups is 1. The number of aromatic nitrogens is 4. The summed E-state index contributed by atoms with van der Waals surface area (Å²) in [7, 11) is 1.87. The molecule has 2 aromatic heterocycles.